The van der Waals surface area contributed by atoms with Crippen LogP contribution in [0.3, 0.4) is 0 Å². The summed E-state index contributed by atoms with van der Waals surface area (Å²) in [6.45, 7) is 17.1. The van der Waals surface area contributed by atoms with Crippen LogP contribution in [0.2, 0.25) is 0 Å². The van der Waals surface area contributed by atoms with Crippen LogP contribution in [0.5, 0.6) is 0 Å². The highest BCUT2D eigenvalue weighted by Crippen LogP contribution is 2.38. The smallest absolute Gasteiger partial charge is 0.130 e. The molecule has 8 atom stereocenters. The van der Waals surface area contributed by atoms with Crippen molar-refractivity contribution in [2.24, 2.45) is 17.8 Å². The minimum absolute atomic E-state index is 0.0494. The second kappa shape index (κ2) is 10.2. The maximum Gasteiger partial charge on any atom is 0.130 e. The Balaban J connectivity index is 0.000000296. The average molecular weight is 417 g/mol. The van der Waals surface area contributed by atoms with Crippen LogP contribution in [0.1, 0.15) is 81.6 Å². The highest BCUT2D eigenvalue weighted by Gasteiger charge is 2.45. The third-order valence-corrected chi connectivity index (χ3v) is 6.45. The van der Waals surface area contributed by atoms with Crippen molar-refractivity contribution in [3.05, 3.63) is 0 Å². The van der Waals surface area contributed by atoms with Crippen LogP contribution in [-0.2, 0) is 14.3 Å². The number of carbonyl (C=O) groups excluding carboxylic acids is 1. The van der Waals surface area contributed by atoms with Gasteiger partial charge in [0.1, 0.15) is 11.9 Å². The van der Waals surface area contributed by atoms with E-state index in [1.165, 1.54) is 0 Å². The molecule has 2 aliphatic heterocycles. The molecule has 3 N–H and O–H groups in total. The Morgan fingerprint density at radius 3 is 1.69 bits per heavy atom. The maximum atomic E-state index is 11.2. The summed E-state index contributed by atoms with van der Waals surface area (Å²) in [7, 11) is 0. The predicted molar refractivity (Wildman–Crippen MR) is 114 cm³/mol. The van der Waals surface area contributed by atoms with Crippen molar-refractivity contribution < 1.29 is 29.6 Å². The number of aliphatic hydroxyl groups is 3. The fraction of sp³-hybridized carbons (Fsp3) is 0.957. The zero-order valence-corrected chi connectivity index (χ0v) is 19.8. The Labute approximate surface area is 177 Å². The molecule has 2 heterocycles. The molecule has 0 saturated carbocycles. The lowest BCUT2D eigenvalue weighted by Gasteiger charge is -2.46. The van der Waals surface area contributed by atoms with Gasteiger partial charge in [0, 0.05) is 25.2 Å². The summed E-state index contributed by atoms with van der Waals surface area (Å²) in [5, 5.41) is 30.0. The molecule has 29 heavy (non-hydrogen) atoms. The Hall–Kier alpha value is -0.530. The first-order chi connectivity index (χ1) is 13.1. The summed E-state index contributed by atoms with van der Waals surface area (Å²) in [5.74, 6) is 0.803. The summed E-state index contributed by atoms with van der Waals surface area (Å²) in [5.41, 5.74) is -1.80. The summed E-state index contributed by atoms with van der Waals surface area (Å²) in [6.07, 6.45) is 0.558. The van der Waals surface area contributed by atoms with Crippen molar-refractivity contribution in [2.45, 2.75) is 123 Å². The minimum Gasteiger partial charge on any atom is -0.390 e. The van der Waals surface area contributed by atoms with Crippen molar-refractivity contribution in [3.63, 3.8) is 0 Å². The van der Waals surface area contributed by atoms with Crippen LogP contribution in [0, 0.1) is 17.8 Å². The van der Waals surface area contributed by atoms with Crippen LogP contribution in [0.4, 0.5) is 0 Å². The molecule has 6 heteroatoms. The SMILES string of the molecule is CC(=O)CC1C(C)OC(C(C)C)CC1(C)O.CC(C)C1CC(C)(O)C(O)C(C)O1. The predicted octanol–water partition coefficient (Wildman–Crippen LogP) is 3.10. The van der Waals surface area contributed by atoms with Gasteiger partial charge in [-0.05, 0) is 46.5 Å². The third kappa shape index (κ3) is 7.28. The number of hydrogen-bond acceptors (Lipinski definition) is 6. The Morgan fingerprint density at radius 1 is 0.931 bits per heavy atom. The zero-order valence-electron chi connectivity index (χ0n) is 19.8. The van der Waals surface area contributed by atoms with Gasteiger partial charge in [0.15, 0.2) is 0 Å². The van der Waals surface area contributed by atoms with E-state index in [1.807, 2.05) is 13.8 Å². The van der Waals surface area contributed by atoms with Gasteiger partial charge in [0.2, 0.25) is 0 Å². The van der Waals surface area contributed by atoms with Crippen LogP contribution in [-0.4, -0.2) is 62.8 Å². The van der Waals surface area contributed by atoms with Gasteiger partial charge in [0.05, 0.1) is 35.6 Å². The zero-order chi connectivity index (χ0) is 22.7. The Kier molecular flexibility index (Phi) is 9.31. The summed E-state index contributed by atoms with van der Waals surface area (Å²) in [6, 6.07) is 0. The van der Waals surface area contributed by atoms with Crippen LogP contribution >= 0.6 is 0 Å². The molecule has 0 spiro atoms. The highest BCUT2D eigenvalue weighted by molar-refractivity contribution is 5.75. The summed E-state index contributed by atoms with van der Waals surface area (Å²) < 4.78 is 11.5. The van der Waals surface area contributed by atoms with Crippen LogP contribution in [0.15, 0.2) is 0 Å². The van der Waals surface area contributed by atoms with E-state index in [4.69, 9.17) is 9.47 Å². The number of ketones is 1. The van der Waals surface area contributed by atoms with E-state index < -0.39 is 17.3 Å². The lowest BCUT2D eigenvalue weighted by atomic mass is 9.74. The second-order valence-corrected chi connectivity index (χ2v) is 10.3. The van der Waals surface area contributed by atoms with E-state index in [0.29, 0.717) is 31.1 Å². The molecule has 0 radical (unpaired) electrons. The lowest BCUT2D eigenvalue weighted by molar-refractivity contribution is -0.212. The molecule has 2 fully saturated rings. The molecule has 0 amide bonds. The molecule has 8 unspecified atom stereocenters. The minimum atomic E-state index is -1.01. The van der Waals surface area contributed by atoms with Gasteiger partial charge >= 0.3 is 0 Å². The fourth-order valence-corrected chi connectivity index (χ4v) is 4.40. The van der Waals surface area contributed by atoms with E-state index in [2.05, 4.69) is 27.7 Å². The third-order valence-electron chi connectivity index (χ3n) is 6.45. The quantitative estimate of drug-likeness (QED) is 0.652. The van der Waals surface area contributed by atoms with Gasteiger partial charge < -0.3 is 29.6 Å². The number of hydrogen-bond donors (Lipinski definition) is 3. The fourth-order valence-electron chi connectivity index (χ4n) is 4.40. The molecule has 172 valence electrons. The summed E-state index contributed by atoms with van der Waals surface area (Å²) >= 11 is 0. The standard InChI is InChI=1S/C13H24O3.C10H20O3/c1-8(2)12-7-13(5,15)11(6-9(3)14)10(4)16-12;1-6(2)8-5-10(4,12)9(11)7(3)13-8/h8,10-12,15H,6-7H2,1-5H3;6-9,11-12H,5H2,1-4H3. The molecule has 0 aromatic heterocycles. The Bertz CT molecular complexity index is 527. The molecular formula is C23H44O6. The number of aliphatic hydroxyl groups excluding tert-OH is 1. The number of ether oxygens (including phenoxy) is 2. The first kappa shape index (κ1) is 26.5. The van der Waals surface area contributed by atoms with E-state index >= 15 is 0 Å². The van der Waals surface area contributed by atoms with Crippen molar-refractivity contribution in [2.75, 3.05) is 0 Å². The van der Waals surface area contributed by atoms with Crippen molar-refractivity contribution in [1.82, 2.24) is 0 Å². The molecule has 2 aliphatic rings. The molecule has 0 bridgehead atoms. The van der Waals surface area contributed by atoms with Crippen molar-refractivity contribution in [3.8, 4) is 0 Å². The molecule has 6 nitrogen and oxygen atoms in total. The highest BCUT2D eigenvalue weighted by atomic mass is 16.5. The maximum absolute atomic E-state index is 11.2. The number of Topliss-reactive ketones (excluding diaryl/α,β-unsaturated/α-hetero) is 1. The van der Waals surface area contributed by atoms with E-state index in [9.17, 15) is 20.1 Å². The monoisotopic (exact) mass is 416 g/mol. The molecule has 2 rings (SSSR count). The molecule has 0 aliphatic carbocycles. The first-order valence-corrected chi connectivity index (χ1v) is 11.0. The van der Waals surface area contributed by atoms with Crippen molar-refractivity contribution in [1.29, 1.82) is 0 Å². The van der Waals surface area contributed by atoms with Gasteiger partial charge in [-0.2, -0.15) is 0 Å². The van der Waals surface area contributed by atoms with Gasteiger partial charge in [-0.15, -0.1) is 0 Å². The van der Waals surface area contributed by atoms with Crippen molar-refractivity contribution >= 4 is 5.78 Å². The number of rotatable bonds is 4. The lowest BCUT2D eigenvalue weighted by Crippen LogP contribution is -2.55. The second-order valence-electron chi connectivity index (χ2n) is 10.3. The normalized spacial score (nSPS) is 43.1. The summed E-state index contributed by atoms with van der Waals surface area (Å²) in [4.78, 5) is 11.2. The van der Waals surface area contributed by atoms with Crippen LogP contribution in [0.25, 0.3) is 0 Å². The molecule has 2 saturated heterocycles. The number of carbonyl (C=O) groups is 1. The topological polar surface area (TPSA) is 96.2 Å². The molecular weight excluding hydrogens is 372 g/mol. The van der Waals surface area contributed by atoms with E-state index in [1.54, 1.807) is 20.8 Å². The van der Waals surface area contributed by atoms with Gasteiger partial charge in [0.25, 0.3) is 0 Å². The average Bonchev–Trinajstić information content (AvgIpc) is 2.55. The van der Waals surface area contributed by atoms with E-state index in [-0.39, 0.29) is 36.1 Å². The Morgan fingerprint density at radius 2 is 1.34 bits per heavy atom. The van der Waals surface area contributed by atoms with Gasteiger partial charge in [-0.3, -0.25) is 0 Å². The molecule has 0 aromatic rings. The molecule has 0 aromatic carbocycles. The van der Waals surface area contributed by atoms with Gasteiger partial charge in [-0.25, -0.2) is 0 Å². The van der Waals surface area contributed by atoms with E-state index in [0.717, 1.165) is 0 Å². The van der Waals surface area contributed by atoms with Gasteiger partial charge in [-0.1, -0.05) is 27.7 Å². The largest absolute Gasteiger partial charge is 0.390 e. The first-order valence-electron chi connectivity index (χ1n) is 11.0. The van der Waals surface area contributed by atoms with Crippen LogP contribution < -0.4 is 0 Å².